The van der Waals surface area contributed by atoms with Crippen molar-refractivity contribution in [3.05, 3.63) is 94.0 Å². The van der Waals surface area contributed by atoms with E-state index in [1.54, 1.807) is 24.3 Å². The van der Waals surface area contributed by atoms with Crippen molar-refractivity contribution in [2.24, 2.45) is 0 Å². The number of carbonyl (C=O) groups is 1. The Labute approximate surface area is 238 Å². The van der Waals surface area contributed by atoms with Gasteiger partial charge in [0, 0.05) is 22.2 Å². The summed E-state index contributed by atoms with van der Waals surface area (Å²) < 4.78 is 11.7. The highest BCUT2D eigenvalue weighted by molar-refractivity contribution is 7.99. The predicted octanol–water partition coefficient (Wildman–Crippen LogP) is 4.39. The molecule has 208 valence electrons. The third-order valence-electron chi connectivity index (χ3n) is 6.61. The van der Waals surface area contributed by atoms with Gasteiger partial charge in [-0.3, -0.25) is 4.79 Å². The summed E-state index contributed by atoms with van der Waals surface area (Å²) in [5.74, 6) is 0.884. The molecule has 3 aromatic carbocycles. The van der Waals surface area contributed by atoms with Gasteiger partial charge in [-0.05, 0) is 67.3 Å². The topological polar surface area (TPSA) is 108 Å². The second-order valence-electron chi connectivity index (χ2n) is 9.34. The zero-order valence-corrected chi connectivity index (χ0v) is 23.5. The van der Waals surface area contributed by atoms with Gasteiger partial charge in [-0.15, -0.1) is 11.8 Å². The third-order valence-corrected chi connectivity index (χ3v) is 8.14. The summed E-state index contributed by atoms with van der Waals surface area (Å²) in [7, 11) is 0. The van der Waals surface area contributed by atoms with E-state index < -0.39 is 30.5 Å². The molecule has 5 atom stereocenters. The summed E-state index contributed by atoms with van der Waals surface area (Å²) in [4.78, 5) is 13.2. The van der Waals surface area contributed by atoms with Gasteiger partial charge < -0.3 is 30.1 Å². The van der Waals surface area contributed by atoms with Crippen LogP contribution < -0.4 is 10.1 Å². The van der Waals surface area contributed by atoms with Gasteiger partial charge in [0.2, 0.25) is 0 Å². The van der Waals surface area contributed by atoms with Gasteiger partial charge in [-0.25, -0.2) is 0 Å². The molecule has 1 fully saturated rings. The number of hydrogen-bond donors (Lipinski definition) is 4. The fourth-order valence-corrected chi connectivity index (χ4v) is 5.86. The second-order valence-corrected chi connectivity index (χ2v) is 10.8. The van der Waals surface area contributed by atoms with Crippen molar-refractivity contribution in [1.82, 2.24) is 5.32 Å². The molecule has 0 aliphatic carbocycles. The molecular weight excluding hydrogens is 538 g/mol. The van der Waals surface area contributed by atoms with E-state index in [-0.39, 0.29) is 11.7 Å². The first-order valence-electron chi connectivity index (χ1n) is 13.0. The zero-order valence-electron chi connectivity index (χ0n) is 21.9. The molecule has 3 aromatic rings. The lowest BCUT2D eigenvalue weighted by atomic mass is 9.90. The van der Waals surface area contributed by atoms with Gasteiger partial charge in [0.15, 0.2) is 0 Å². The van der Waals surface area contributed by atoms with E-state index in [0.717, 1.165) is 21.8 Å². The van der Waals surface area contributed by atoms with Crippen LogP contribution in [0, 0.1) is 0 Å². The van der Waals surface area contributed by atoms with E-state index in [4.69, 9.17) is 21.1 Å². The normalized spacial score (nSPS) is 22.9. The molecule has 1 heterocycles. The first kappa shape index (κ1) is 29.4. The number of benzene rings is 3. The number of nitrogens with one attached hydrogen (secondary N) is 1. The van der Waals surface area contributed by atoms with Gasteiger partial charge in [0.25, 0.3) is 5.91 Å². The summed E-state index contributed by atoms with van der Waals surface area (Å²) in [6.45, 7) is 4.89. The van der Waals surface area contributed by atoms with Crippen molar-refractivity contribution in [1.29, 1.82) is 0 Å². The van der Waals surface area contributed by atoms with Crippen molar-refractivity contribution in [2.45, 2.75) is 55.7 Å². The first-order valence-corrected chi connectivity index (χ1v) is 14.4. The average molecular weight is 572 g/mol. The van der Waals surface area contributed by atoms with Crippen LogP contribution in [0.4, 0.5) is 0 Å². The number of aliphatic hydroxyl groups is 3. The van der Waals surface area contributed by atoms with E-state index in [1.165, 1.54) is 11.8 Å². The van der Waals surface area contributed by atoms with Crippen molar-refractivity contribution in [2.75, 3.05) is 18.9 Å². The highest BCUT2D eigenvalue weighted by Gasteiger charge is 2.44. The van der Waals surface area contributed by atoms with Gasteiger partial charge in [0.1, 0.15) is 30.2 Å². The Bertz CT molecular complexity index is 1260. The molecular formula is C30H34ClNO6S. The zero-order chi connectivity index (χ0) is 27.9. The van der Waals surface area contributed by atoms with Gasteiger partial charge in [-0.2, -0.15) is 0 Å². The van der Waals surface area contributed by atoms with Crippen molar-refractivity contribution in [3.8, 4) is 5.75 Å². The molecule has 1 saturated heterocycles. The summed E-state index contributed by atoms with van der Waals surface area (Å²) in [6, 6.07) is 20.4. The van der Waals surface area contributed by atoms with Crippen LogP contribution in [0.15, 0.2) is 71.6 Å². The van der Waals surface area contributed by atoms with E-state index in [1.807, 2.05) is 56.3 Å². The van der Waals surface area contributed by atoms with E-state index in [0.29, 0.717) is 35.7 Å². The van der Waals surface area contributed by atoms with Gasteiger partial charge in [-0.1, -0.05) is 48.0 Å². The van der Waals surface area contributed by atoms with Crippen LogP contribution in [0.2, 0.25) is 5.02 Å². The molecule has 4 N–H and O–H groups in total. The van der Waals surface area contributed by atoms with Gasteiger partial charge in [0.05, 0.1) is 18.3 Å². The SMILES string of the molecule is CCNC(=O)c1ccccc1SC[C@H]1O[C@@H](c2ccc(Cl)c(Cc3ccc(OCC)cc3)c2)[C@H](O)[C@H](O)[C@H]1O. The van der Waals surface area contributed by atoms with Crippen LogP contribution in [-0.4, -0.2) is 64.5 Å². The lowest BCUT2D eigenvalue weighted by Crippen LogP contribution is -2.54. The lowest BCUT2D eigenvalue weighted by Gasteiger charge is -2.41. The fraction of sp³-hybridized carbons (Fsp3) is 0.367. The molecule has 39 heavy (non-hydrogen) atoms. The van der Waals surface area contributed by atoms with Crippen LogP contribution in [0.25, 0.3) is 0 Å². The van der Waals surface area contributed by atoms with Crippen LogP contribution in [0.3, 0.4) is 0 Å². The number of ether oxygens (including phenoxy) is 2. The summed E-state index contributed by atoms with van der Waals surface area (Å²) in [6.07, 6.45) is -5.13. The Kier molecular flexibility index (Phi) is 10.3. The Morgan fingerprint density at radius 3 is 2.46 bits per heavy atom. The molecule has 7 nitrogen and oxygen atoms in total. The van der Waals surface area contributed by atoms with Crippen molar-refractivity contribution >= 4 is 29.3 Å². The predicted molar refractivity (Wildman–Crippen MR) is 153 cm³/mol. The number of rotatable bonds is 10. The van der Waals surface area contributed by atoms with Crippen molar-refractivity contribution < 1.29 is 29.6 Å². The number of carbonyl (C=O) groups excluding carboxylic acids is 1. The van der Waals surface area contributed by atoms with E-state index in [2.05, 4.69) is 5.32 Å². The second kappa shape index (κ2) is 13.7. The minimum Gasteiger partial charge on any atom is -0.494 e. The molecule has 4 rings (SSSR count). The average Bonchev–Trinajstić information content (AvgIpc) is 2.94. The van der Waals surface area contributed by atoms with Crippen LogP contribution in [0.1, 0.15) is 47.0 Å². The summed E-state index contributed by atoms with van der Waals surface area (Å²) in [5, 5.41) is 35.6. The number of aliphatic hydroxyl groups excluding tert-OH is 3. The third kappa shape index (κ3) is 7.14. The van der Waals surface area contributed by atoms with Crippen LogP contribution in [-0.2, 0) is 11.2 Å². The van der Waals surface area contributed by atoms with E-state index in [9.17, 15) is 20.1 Å². The fourth-order valence-electron chi connectivity index (χ4n) is 4.57. The maximum atomic E-state index is 12.5. The molecule has 1 aliphatic rings. The molecule has 0 radical (unpaired) electrons. The molecule has 0 spiro atoms. The van der Waals surface area contributed by atoms with Crippen LogP contribution >= 0.6 is 23.4 Å². The molecule has 0 saturated carbocycles. The largest absolute Gasteiger partial charge is 0.494 e. The molecule has 0 unspecified atom stereocenters. The Balaban J connectivity index is 1.51. The minimum absolute atomic E-state index is 0.180. The Morgan fingerprint density at radius 1 is 1.00 bits per heavy atom. The first-order chi connectivity index (χ1) is 18.8. The maximum Gasteiger partial charge on any atom is 0.252 e. The molecule has 1 aliphatic heterocycles. The smallest absolute Gasteiger partial charge is 0.252 e. The Morgan fingerprint density at radius 2 is 1.74 bits per heavy atom. The highest BCUT2D eigenvalue weighted by atomic mass is 35.5. The lowest BCUT2D eigenvalue weighted by molar-refractivity contribution is -0.218. The summed E-state index contributed by atoms with van der Waals surface area (Å²) in [5.41, 5.74) is 3.06. The Hall–Kier alpha value is -2.59. The van der Waals surface area contributed by atoms with Gasteiger partial charge >= 0.3 is 0 Å². The standard InChI is InChI=1S/C30H34ClNO6S/c1-3-32-30(36)22-7-5-6-8-25(22)39-17-24-26(33)27(34)28(35)29(38-24)19-11-14-23(31)20(16-19)15-18-9-12-21(13-10-18)37-4-2/h5-14,16,24,26-29,33-35H,3-4,15,17H2,1-2H3,(H,32,36)/t24-,26+,27-,28-,29+/m1/s1. The number of halogens is 1. The van der Waals surface area contributed by atoms with Crippen molar-refractivity contribution in [3.63, 3.8) is 0 Å². The molecule has 0 bridgehead atoms. The minimum atomic E-state index is -1.40. The maximum absolute atomic E-state index is 12.5. The van der Waals surface area contributed by atoms with E-state index >= 15 is 0 Å². The van der Waals surface area contributed by atoms with Crippen LogP contribution in [0.5, 0.6) is 5.75 Å². The molecule has 1 amide bonds. The highest BCUT2D eigenvalue weighted by Crippen LogP contribution is 2.36. The number of amides is 1. The molecule has 0 aromatic heterocycles. The number of hydrogen-bond acceptors (Lipinski definition) is 7. The number of thioether (sulfide) groups is 1. The molecule has 9 heteroatoms. The monoisotopic (exact) mass is 571 g/mol. The quantitative estimate of drug-likeness (QED) is 0.267. The summed E-state index contributed by atoms with van der Waals surface area (Å²) >= 11 is 7.86.